The largest absolute Gasteiger partial charge is 0.411 e. The Morgan fingerprint density at radius 1 is 1.24 bits per heavy atom. The molecular weight excluding hydrogens is 373 g/mol. The highest BCUT2D eigenvalue weighted by molar-refractivity contribution is 5.99. The lowest BCUT2D eigenvalue weighted by atomic mass is 10.0. The van der Waals surface area contributed by atoms with E-state index in [0.717, 1.165) is 22.1 Å². The molecular formula is C21H20FN5O2. The summed E-state index contributed by atoms with van der Waals surface area (Å²) in [6, 6.07) is 5.50. The summed E-state index contributed by atoms with van der Waals surface area (Å²) in [4.78, 5) is 25.0. The van der Waals surface area contributed by atoms with Gasteiger partial charge in [-0.3, -0.25) is 14.8 Å². The molecule has 1 amide bonds. The van der Waals surface area contributed by atoms with Crippen molar-refractivity contribution in [1.82, 2.24) is 15.0 Å². The number of hydrogen-bond acceptors (Lipinski definition) is 6. The minimum Gasteiger partial charge on any atom is -0.411 e. The van der Waals surface area contributed by atoms with Crippen LogP contribution >= 0.6 is 0 Å². The maximum atomic E-state index is 13.0. The fourth-order valence-electron chi connectivity index (χ4n) is 3.21. The molecule has 0 aliphatic heterocycles. The molecule has 7 nitrogen and oxygen atoms in total. The third-order valence-corrected chi connectivity index (χ3v) is 5.04. The first-order chi connectivity index (χ1) is 14.0. The van der Waals surface area contributed by atoms with E-state index in [0.29, 0.717) is 29.2 Å². The Labute approximate surface area is 166 Å². The molecule has 0 spiro atoms. The van der Waals surface area contributed by atoms with Crippen LogP contribution in [-0.2, 0) is 4.79 Å². The molecule has 4 rings (SSSR count). The number of nitrogens with zero attached hydrogens (tertiary/aromatic N) is 4. The van der Waals surface area contributed by atoms with Crippen LogP contribution in [0.4, 0.5) is 10.2 Å². The number of carbonyl (C=O) groups excluding carboxylic acids is 1. The summed E-state index contributed by atoms with van der Waals surface area (Å²) in [6.45, 7) is 3.86. The van der Waals surface area contributed by atoms with Gasteiger partial charge in [-0.1, -0.05) is 12.1 Å². The predicted molar refractivity (Wildman–Crippen MR) is 108 cm³/mol. The maximum absolute atomic E-state index is 13.0. The number of halogens is 1. The lowest BCUT2D eigenvalue weighted by molar-refractivity contribution is -0.117. The molecule has 1 aliphatic carbocycles. The van der Waals surface area contributed by atoms with Gasteiger partial charge in [0.05, 0.1) is 17.1 Å². The van der Waals surface area contributed by atoms with Crippen LogP contribution in [0.5, 0.6) is 0 Å². The van der Waals surface area contributed by atoms with E-state index in [1.54, 1.807) is 24.7 Å². The monoisotopic (exact) mass is 393 g/mol. The van der Waals surface area contributed by atoms with Gasteiger partial charge < -0.3 is 10.5 Å². The molecule has 1 saturated carbocycles. The first-order valence-electron chi connectivity index (χ1n) is 9.39. The van der Waals surface area contributed by atoms with E-state index >= 15 is 0 Å². The summed E-state index contributed by atoms with van der Waals surface area (Å²) >= 11 is 0. The van der Waals surface area contributed by atoms with Crippen molar-refractivity contribution < 1.29 is 14.4 Å². The minimum atomic E-state index is -1.04. The second kappa shape index (κ2) is 7.54. The van der Waals surface area contributed by atoms with Gasteiger partial charge >= 0.3 is 0 Å². The molecule has 148 valence electrons. The zero-order chi connectivity index (χ0) is 20.5. The molecule has 3 aromatic rings. The average molecular weight is 393 g/mol. The van der Waals surface area contributed by atoms with Crippen molar-refractivity contribution in [3.8, 4) is 11.1 Å². The van der Waals surface area contributed by atoms with Crippen LogP contribution in [0.3, 0.4) is 0 Å². The van der Waals surface area contributed by atoms with Crippen LogP contribution in [0.1, 0.15) is 31.0 Å². The van der Waals surface area contributed by atoms with Gasteiger partial charge in [-0.25, -0.2) is 9.37 Å². The number of alkyl halides is 1. The Kier molecular flexibility index (Phi) is 4.92. The molecule has 29 heavy (non-hydrogen) atoms. The number of nitrogens with one attached hydrogen (secondary N) is 1. The highest BCUT2D eigenvalue weighted by Gasteiger charge is 2.43. The number of amides is 1. The van der Waals surface area contributed by atoms with E-state index in [1.165, 1.54) is 0 Å². The molecule has 3 aromatic heterocycles. The van der Waals surface area contributed by atoms with Crippen LogP contribution in [0.2, 0.25) is 0 Å². The van der Waals surface area contributed by atoms with Gasteiger partial charge in [0.1, 0.15) is 17.7 Å². The number of rotatable bonds is 5. The van der Waals surface area contributed by atoms with Gasteiger partial charge in [0, 0.05) is 41.2 Å². The number of aromatic nitrogens is 3. The molecule has 8 heteroatoms. The van der Waals surface area contributed by atoms with Gasteiger partial charge in [0.15, 0.2) is 0 Å². The quantitative estimate of drug-likeness (QED) is 0.389. The molecule has 3 heterocycles. The van der Waals surface area contributed by atoms with Gasteiger partial charge in [0.2, 0.25) is 5.91 Å². The average Bonchev–Trinajstić information content (AvgIpc) is 3.45. The van der Waals surface area contributed by atoms with Gasteiger partial charge in [0.25, 0.3) is 0 Å². The molecule has 0 unspecified atom stereocenters. The zero-order valence-corrected chi connectivity index (χ0v) is 16.1. The molecule has 0 saturated heterocycles. The summed E-state index contributed by atoms with van der Waals surface area (Å²) in [7, 11) is 0. The molecule has 0 bridgehead atoms. The van der Waals surface area contributed by atoms with E-state index in [4.69, 9.17) is 5.21 Å². The topological polar surface area (TPSA) is 100 Å². The Morgan fingerprint density at radius 2 is 2.03 bits per heavy atom. The fourth-order valence-corrected chi connectivity index (χ4v) is 3.21. The third kappa shape index (κ3) is 3.78. The number of oxime groups is 1. The standard InChI is InChI=1S/C21H20FN5O2/c1-3-17(27-29)19-4-11(2)15(10-24-19)12-5-13-9-25-20(7-18(13)23-8-12)26-21(28)14-6-16(14)22/h4-5,7-10,14,16,29H,3,6H2,1-2H3,(H,25,26,28)/b27-17-/t14-,16+/m0/s1. The van der Waals surface area contributed by atoms with Crippen LogP contribution in [0.15, 0.2) is 41.9 Å². The van der Waals surface area contributed by atoms with Crippen LogP contribution in [0.25, 0.3) is 22.0 Å². The van der Waals surface area contributed by atoms with Crippen molar-refractivity contribution in [2.24, 2.45) is 11.1 Å². The third-order valence-electron chi connectivity index (χ3n) is 5.04. The second-order valence-corrected chi connectivity index (χ2v) is 7.12. The summed E-state index contributed by atoms with van der Waals surface area (Å²) < 4.78 is 13.0. The van der Waals surface area contributed by atoms with E-state index < -0.39 is 12.1 Å². The minimum absolute atomic E-state index is 0.275. The molecule has 1 aliphatic rings. The summed E-state index contributed by atoms with van der Waals surface area (Å²) in [5, 5.41) is 15.8. The number of aryl methyl sites for hydroxylation is 1. The first kappa shape index (κ1) is 18.9. The van der Waals surface area contributed by atoms with E-state index in [1.807, 2.05) is 26.0 Å². The lowest BCUT2D eigenvalue weighted by Crippen LogP contribution is -2.15. The van der Waals surface area contributed by atoms with Crippen molar-refractivity contribution >= 4 is 28.3 Å². The molecule has 2 atom stereocenters. The van der Waals surface area contributed by atoms with Crippen molar-refractivity contribution in [3.05, 3.63) is 48.0 Å². The maximum Gasteiger partial charge on any atom is 0.231 e. The van der Waals surface area contributed by atoms with Crippen molar-refractivity contribution in [3.63, 3.8) is 0 Å². The second-order valence-electron chi connectivity index (χ2n) is 7.12. The van der Waals surface area contributed by atoms with Crippen molar-refractivity contribution in [1.29, 1.82) is 0 Å². The highest BCUT2D eigenvalue weighted by atomic mass is 19.1. The van der Waals surface area contributed by atoms with Gasteiger partial charge in [-0.05, 0) is 37.5 Å². The number of anilines is 1. The Balaban J connectivity index is 1.60. The van der Waals surface area contributed by atoms with E-state index in [9.17, 15) is 9.18 Å². The Morgan fingerprint density at radius 3 is 2.69 bits per heavy atom. The smallest absolute Gasteiger partial charge is 0.231 e. The normalized spacial score (nSPS) is 18.7. The van der Waals surface area contributed by atoms with Gasteiger partial charge in [-0.15, -0.1) is 0 Å². The zero-order valence-electron chi connectivity index (χ0n) is 16.1. The Bertz CT molecular complexity index is 1130. The van der Waals surface area contributed by atoms with Crippen molar-refractivity contribution in [2.45, 2.75) is 32.9 Å². The SMILES string of the molecule is CC/C(=N/O)c1cc(C)c(-c2cnc3cc(NC(=O)[C@H]4C[C@H]4F)ncc3c2)cn1. The van der Waals surface area contributed by atoms with Crippen LogP contribution in [-0.4, -0.2) is 37.9 Å². The molecule has 2 N–H and O–H groups in total. The molecule has 0 radical (unpaired) electrons. The number of fused-ring (bicyclic) bond motifs is 1. The molecule has 1 fully saturated rings. The number of carbonyl (C=O) groups is 1. The summed E-state index contributed by atoms with van der Waals surface area (Å²) in [5.41, 5.74) is 4.61. The predicted octanol–water partition coefficient (Wildman–Crippen LogP) is 3.89. The Hall–Kier alpha value is -3.42. The first-order valence-corrected chi connectivity index (χ1v) is 9.39. The van der Waals surface area contributed by atoms with E-state index in [-0.39, 0.29) is 12.3 Å². The number of pyridine rings is 3. The fraction of sp³-hybridized carbons (Fsp3) is 0.286. The molecule has 0 aromatic carbocycles. The summed E-state index contributed by atoms with van der Waals surface area (Å²) in [5.74, 6) is -0.551. The van der Waals surface area contributed by atoms with E-state index in [2.05, 4.69) is 25.4 Å². The highest BCUT2D eigenvalue weighted by Crippen LogP contribution is 2.34. The van der Waals surface area contributed by atoms with Crippen LogP contribution in [0, 0.1) is 12.8 Å². The lowest BCUT2D eigenvalue weighted by Gasteiger charge is -2.10. The van der Waals surface area contributed by atoms with Crippen LogP contribution < -0.4 is 5.32 Å². The van der Waals surface area contributed by atoms with Gasteiger partial charge in [-0.2, -0.15) is 0 Å². The van der Waals surface area contributed by atoms with Crippen molar-refractivity contribution in [2.75, 3.05) is 5.32 Å². The summed E-state index contributed by atoms with van der Waals surface area (Å²) in [6.07, 6.45) is 4.91. The number of hydrogen-bond donors (Lipinski definition) is 2.